The molecule has 2 unspecified atom stereocenters. The zero-order valence-corrected chi connectivity index (χ0v) is 11.8. The first-order valence-corrected chi connectivity index (χ1v) is 6.91. The Morgan fingerprint density at radius 1 is 1.55 bits per heavy atom. The molecule has 1 aromatic carbocycles. The van der Waals surface area contributed by atoms with Crippen LogP contribution in [0.2, 0.25) is 0 Å². The molecular weight excluding hydrogens is 261 g/mol. The second-order valence-electron chi connectivity index (χ2n) is 5.42. The first kappa shape index (κ1) is 14.7. The minimum absolute atomic E-state index is 0.123. The molecule has 0 spiro atoms. The van der Waals surface area contributed by atoms with Crippen LogP contribution < -0.4 is 10.6 Å². The van der Waals surface area contributed by atoms with Gasteiger partial charge in [-0.3, -0.25) is 10.1 Å². The van der Waals surface area contributed by atoms with Crippen LogP contribution in [0.1, 0.15) is 25.3 Å². The number of hydrogen-bond acceptors (Lipinski definition) is 4. The standard InChI is InChI=1S/C14H20FN3O2/c1-9-6-13(12(15)7-14(9)18(19)20)17-10(2)11-4-3-5-16-8-11/h6-7,10-11,16-17H,3-5,8H2,1-2H3. The summed E-state index contributed by atoms with van der Waals surface area (Å²) >= 11 is 0. The van der Waals surface area contributed by atoms with Crippen LogP contribution in [0.3, 0.4) is 0 Å². The summed E-state index contributed by atoms with van der Waals surface area (Å²) in [5, 5.41) is 17.2. The number of piperidine rings is 1. The van der Waals surface area contributed by atoms with Gasteiger partial charge in [0.05, 0.1) is 16.7 Å². The Hall–Kier alpha value is -1.69. The minimum Gasteiger partial charge on any atom is -0.380 e. The van der Waals surface area contributed by atoms with Gasteiger partial charge in [-0.05, 0) is 51.8 Å². The number of nitrogens with one attached hydrogen (secondary N) is 2. The van der Waals surface area contributed by atoms with Gasteiger partial charge < -0.3 is 10.6 Å². The van der Waals surface area contributed by atoms with Crippen LogP contribution in [-0.4, -0.2) is 24.1 Å². The summed E-state index contributed by atoms with van der Waals surface area (Å²) in [7, 11) is 0. The van der Waals surface area contributed by atoms with E-state index in [1.807, 2.05) is 6.92 Å². The van der Waals surface area contributed by atoms with Gasteiger partial charge in [-0.25, -0.2) is 4.39 Å². The molecule has 0 amide bonds. The molecule has 1 heterocycles. The van der Waals surface area contributed by atoms with E-state index in [9.17, 15) is 14.5 Å². The summed E-state index contributed by atoms with van der Waals surface area (Å²) in [6, 6.07) is 2.63. The smallest absolute Gasteiger partial charge is 0.275 e. The van der Waals surface area contributed by atoms with Crippen LogP contribution in [0.15, 0.2) is 12.1 Å². The molecule has 1 aromatic rings. The molecule has 1 aliphatic rings. The number of rotatable bonds is 4. The SMILES string of the molecule is Cc1cc(NC(C)C2CCCNC2)c(F)cc1[N+](=O)[O-]. The van der Waals surface area contributed by atoms with Crippen molar-refractivity contribution in [2.75, 3.05) is 18.4 Å². The van der Waals surface area contributed by atoms with E-state index in [2.05, 4.69) is 10.6 Å². The van der Waals surface area contributed by atoms with Crippen molar-refractivity contribution in [1.29, 1.82) is 0 Å². The van der Waals surface area contributed by atoms with E-state index in [1.54, 1.807) is 6.92 Å². The summed E-state index contributed by atoms with van der Waals surface area (Å²) in [4.78, 5) is 10.2. The summed E-state index contributed by atoms with van der Waals surface area (Å²) in [6.45, 7) is 5.60. The highest BCUT2D eigenvalue weighted by Gasteiger charge is 2.22. The molecule has 6 heteroatoms. The molecule has 20 heavy (non-hydrogen) atoms. The van der Waals surface area contributed by atoms with E-state index in [4.69, 9.17) is 0 Å². The van der Waals surface area contributed by atoms with Crippen molar-refractivity contribution < 1.29 is 9.31 Å². The number of halogens is 1. The van der Waals surface area contributed by atoms with Crippen molar-refractivity contribution in [2.45, 2.75) is 32.7 Å². The highest BCUT2D eigenvalue weighted by atomic mass is 19.1. The number of benzene rings is 1. The first-order valence-electron chi connectivity index (χ1n) is 6.91. The van der Waals surface area contributed by atoms with Gasteiger partial charge in [-0.1, -0.05) is 0 Å². The maximum absolute atomic E-state index is 13.9. The highest BCUT2D eigenvalue weighted by molar-refractivity contribution is 5.55. The third-order valence-electron chi connectivity index (χ3n) is 3.91. The number of hydrogen-bond donors (Lipinski definition) is 2. The number of nitro benzene ring substituents is 1. The second-order valence-corrected chi connectivity index (χ2v) is 5.42. The van der Waals surface area contributed by atoms with Gasteiger partial charge in [-0.15, -0.1) is 0 Å². The Morgan fingerprint density at radius 3 is 2.90 bits per heavy atom. The predicted molar refractivity (Wildman–Crippen MR) is 76.5 cm³/mol. The van der Waals surface area contributed by atoms with Crippen LogP contribution >= 0.6 is 0 Å². The molecule has 1 fully saturated rings. The number of nitro groups is 1. The monoisotopic (exact) mass is 281 g/mol. The molecular formula is C14H20FN3O2. The van der Waals surface area contributed by atoms with E-state index in [-0.39, 0.29) is 11.7 Å². The lowest BCUT2D eigenvalue weighted by Crippen LogP contribution is -2.38. The van der Waals surface area contributed by atoms with E-state index < -0.39 is 10.7 Å². The van der Waals surface area contributed by atoms with Crippen LogP contribution in [0.4, 0.5) is 15.8 Å². The van der Waals surface area contributed by atoms with E-state index >= 15 is 0 Å². The zero-order valence-electron chi connectivity index (χ0n) is 11.8. The molecule has 0 aromatic heterocycles. The van der Waals surface area contributed by atoms with Crippen LogP contribution in [-0.2, 0) is 0 Å². The molecule has 1 aliphatic heterocycles. The Bertz CT molecular complexity index is 501. The van der Waals surface area contributed by atoms with Crippen molar-refractivity contribution in [2.24, 2.45) is 5.92 Å². The molecule has 110 valence electrons. The van der Waals surface area contributed by atoms with Crippen molar-refractivity contribution >= 4 is 11.4 Å². The maximum Gasteiger partial charge on any atom is 0.275 e. The van der Waals surface area contributed by atoms with Crippen LogP contribution in [0, 0.1) is 28.8 Å². The molecule has 0 radical (unpaired) electrons. The average molecular weight is 281 g/mol. The third kappa shape index (κ3) is 3.25. The van der Waals surface area contributed by atoms with E-state index in [0.29, 0.717) is 17.2 Å². The molecule has 0 aliphatic carbocycles. The zero-order chi connectivity index (χ0) is 14.7. The normalized spacial score (nSPS) is 20.4. The minimum atomic E-state index is -0.571. The molecule has 2 rings (SSSR count). The molecule has 2 atom stereocenters. The Kier molecular flexibility index (Phi) is 4.54. The average Bonchev–Trinajstić information content (AvgIpc) is 2.43. The van der Waals surface area contributed by atoms with Crippen LogP contribution in [0.5, 0.6) is 0 Å². The fraction of sp³-hybridized carbons (Fsp3) is 0.571. The number of nitrogens with zero attached hydrogens (tertiary/aromatic N) is 1. The Balaban J connectivity index is 2.12. The molecule has 0 bridgehead atoms. The molecule has 2 N–H and O–H groups in total. The predicted octanol–water partition coefficient (Wildman–Crippen LogP) is 2.84. The highest BCUT2D eigenvalue weighted by Crippen LogP contribution is 2.27. The quantitative estimate of drug-likeness (QED) is 0.658. The third-order valence-corrected chi connectivity index (χ3v) is 3.91. The van der Waals surface area contributed by atoms with Gasteiger partial charge in [0.25, 0.3) is 5.69 Å². The summed E-state index contributed by atoms with van der Waals surface area (Å²) in [5.41, 5.74) is 0.624. The molecule has 1 saturated heterocycles. The summed E-state index contributed by atoms with van der Waals surface area (Å²) in [6.07, 6.45) is 2.23. The fourth-order valence-corrected chi connectivity index (χ4v) is 2.65. The lowest BCUT2D eigenvalue weighted by Gasteiger charge is -2.29. The van der Waals surface area contributed by atoms with Gasteiger partial charge >= 0.3 is 0 Å². The fourth-order valence-electron chi connectivity index (χ4n) is 2.65. The van der Waals surface area contributed by atoms with Gasteiger partial charge in [0.2, 0.25) is 0 Å². The summed E-state index contributed by atoms with van der Waals surface area (Å²) < 4.78 is 13.9. The largest absolute Gasteiger partial charge is 0.380 e. The van der Waals surface area contributed by atoms with Gasteiger partial charge in [0.15, 0.2) is 5.82 Å². The van der Waals surface area contributed by atoms with Gasteiger partial charge in [0.1, 0.15) is 0 Å². The summed E-state index contributed by atoms with van der Waals surface area (Å²) in [5.74, 6) is -0.128. The lowest BCUT2D eigenvalue weighted by atomic mass is 9.92. The maximum atomic E-state index is 13.9. The Morgan fingerprint density at radius 2 is 2.30 bits per heavy atom. The number of anilines is 1. The van der Waals surface area contributed by atoms with Crippen molar-refractivity contribution in [3.8, 4) is 0 Å². The topological polar surface area (TPSA) is 67.2 Å². The van der Waals surface area contributed by atoms with Crippen molar-refractivity contribution in [1.82, 2.24) is 5.32 Å². The first-order chi connectivity index (χ1) is 9.49. The van der Waals surface area contributed by atoms with Crippen molar-refractivity contribution in [3.63, 3.8) is 0 Å². The Labute approximate surface area is 117 Å². The van der Waals surface area contributed by atoms with E-state index in [1.165, 1.54) is 6.07 Å². The molecule has 0 saturated carbocycles. The number of aryl methyl sites for hydroxylation is 1. The molecule has 5 nitrogen and oxygen atoms in total. The van der Waals surface area contributed by atoms with E-state index in [0.717, 1.165) is 32.0 Å². The van der Waals surface area contributed by atoms with Gasteiger partial charge in [-0.2, -0.15) is 0 Å². The van der Waals surface area contributed by atoms with Gasteiger partial charge in [0, 0.05) is 11.6 Å². The second kappa shape index (κ2) is 6.17. The van der Waals surface area contributed by atoms with Crippen LogP contribution in [0.25, 0.3) is 0 Å². The lowest BCUT2D eigenvalue weighted by molar-refractivity contribution is -0.385. The van der Waals surface area contributed by atoms with Crippen molar-refractivity contribution in [3.05, 3.63) is 33.6 Å².